The Morgan fingerprint density at radius 3 is 2.76 bits per heavy atom. The minimum atomic E-state index is -0.593. The molecule has 5 nitrogen and oxygen atoms in total. The number of hydrogen-bond acceptors (Lipinski definition) is 3. The van der Waals surface area contributed by atoms with Crippen LogP contribution >= 0.6 is 0 Å². The van der Waals surface area contributed by atoms with Crippen molar-refractivity contribution in [2.75, 3.05) is 0 Å². The van der Waals surface area contributed by atoms with Crippen LogP contribution in [-0.2, 0) is 20.8 Å². The molecule has 1 aliphatic heterocycles. The predicted molar refractivity (Wildman–Crippen MR) is 76.4 cm³/mol. The van der Waals surface area contributed by atoms with Crippen LogP contribution in [0.15, 0.2) is 24.3 Å². The fourth-order valence-electron chi connectivity index (χ4n) is 3.13. The quantitative estimate of drug-likeness (QED) is 0.797. The van der Waals surface area contributed by atoms with Gasteiger partial charge in [-0.25, -0.2) is 0 Å². The SMILES string of the molecule is O=C1CCC(NC(=O)[C@H]2CCCc3ccccc32)C(=O)N1. The van der Waals surface area contributed by atoms with Crippen molar-refractivity contribution in [1.29, 1.82) is 0 Å². The van der Waals surface area contributed by atoms with Gasteiger partial charge < -0.3 is 5.32 Å². The number of amides is 3. The Balaban J connectivity index is 1.72. The molecule has 0 aromatic heterocycles. The second-order valence-corrected chi connectivity index (χ2v) is 5.66. The van der Waals surface area contributed by atoms with E-state index in [1.807, 2.05) is 18.2 Å². The van der Waals surface area contributed by atoms with Gasteiger partial charge in [0.25, 0.3) is 0 Å². The summed E-state index contributed by atoms with van der Waals surface area (Å²) >= 11 is 0. The lowest BCUT2D eigenvalue weighted by Gasteiger charge is -2.28. The molecule has 2 N–H and O–H groups in total. The first kappa shape index (κ1) is 13.8. The van der Waals surface area contributed by atoms with Crippen molar-refractivity contribution >= 4 is 17.7 Å². The van der Waals surface area contributed by atoms with E-state index in [2.05, 4.69) is 16.7 Å². The van der Waals surface area contributed by atoms with E-state index in [4.69, 9.17) is 0 Å². The molecule has 2 atom stereocenters. The van der Waals surface area contributed by atoms with Crippen molar-refractivity contribution < 1.29 is 14.4 Å². The average molecular weight is 286 g/mol. The summed E-state index contributed by atoms with van der Waals surface area (Å²) in [6.45, 7) is 0. The van der Waals surface area contributed by atoms with Crippen LogP contribution in [0.2, 0.25) is 0 Å². The number of piperidine rings is 1. The molecule has 1 aliphatic carbocycles. The van der Waals surface area contributed by atoms with Gasteiger partial charge in [-0.3, -0.25) is 19.7 Å². The number of aryl methyl sites for hydroxylation is 1. The average Bonchev–Trinajstić information content (AvgIpc) is 2.49. The van der Waals surface area contributed by atoms with Crippen LogP contribution in [0.1, 0.15) is 42.7 Å². The third-order valence-corrected chi connectivity index (χ3v) is 4.24. The number of imide groups is 1. The zero-order valence-electron chi connectivity index (χ0n) is 11.7. The minimum Gasteiger partial charge on any atom is -0.344 e. The number of carbonyl (C=O) groups excluding carboxylic acids is 3. The van der Waals surface area contributed by atoms with Crippen LogP contribution in [-0.4, -0.2) is 23.8 Å². The van der Waals surface area contributed by atoms with Crippen molar-refractivity contribution in [3.05, 3.63) is 35.4 Å². The molecule has 2 aliphatic rings. The van der Waals surface area contributed by atoms with Crippen LogP contribution in [0.3, 0.4) is 0 Å². The van der Waals surface area contributed by atoms with Gasteiger partial charge in [-0.15, -0.1) is 0 Å². The summed E-state index contributed by atoms with van der Waals surface area (Å²) in [6, 6.07) is 7.38. The van der Waals surface area contributed by atoms with Crippen LogP contribution < -0.4 is 10.6 Å². The first-order valence-electron chi connectivity index (χ1n) is 7.37. The lowest BCUT2D eigenvalue weighted by atomic mass is 9.82. The second-order valence-electron chi connectivity index (χ2n) is 5.66. The Hall–Kier alpha value is -2.17. The molecular weight excluding hydrogens is 268 g/mol. The van der Waals surface area contributed by atoms with Gasteiger partial charge in [0, 0.05) is 6.42 Å². The maximum Gasteiger partial charge on any atom is 0.249 e. The van der Waals surface area contributed by atoms with Crippen LogP contribution in [0.25, 0.3) is 0 Å². The van der Waals surface area contributed by atoms with Gasteiger partial charge in [-0.2, -0.15) is 0 Å². The summed E-state index contributed by atoms with van der Waals surface area (Å²) in [6.07, 6.45) is 3.43. The highest BCUT2D eigenvalue weighted by molar-refractivity contribution is 6.02. The van der Waals surface area contributed by atoms with E-state index in [0.29, 0.717) is 6.42 Å². The summed E-state index contributed by atoms with van der Waals surface area (Å²) in [5.74, 6) is -0.978. The summed E-state index contributed by atoms with van der Waals surface area (Å²) in [5, 5.41) is 5.06. The fraction of sp³-hybridized carbons (Fsp3) is 0.438. The number of fused-ring (bicyclic) bond motifs is 1. The van der Waals surface area contributed by atoms with Crippen molar-refractivity contribution in [2.24, 2.45) is 0 Å². The smallest absolute Gasteiger partial charge is 0.249 e. The highest BCUT2D eigenvalue weighted by atomic mass is 16.2. The lowest BCUT2D eigenvalue weighted by molar-refractivity contribution is -0.137. The van der Waals surface area contributed by atoms with Crippen molar-refractivity contribution in [3.63, 3.8) is 0 Å². The van der Waals surface area contributed by atoms with Crippen molar-refractivity contribution in [2.45, 2.75) is 44.1 Å². The van der Waals surface area contributed by atoms with Crippen LogP contribution in [0.5, 0.6) is 0 Å². The van der Waals surface area contributed by atoms with Gasteiger partial charge in [0.2, 0.25) is 17.7 Å². The topological polar surface area (TPSA) is 75.3 Å². The number of benzene rings is 1. The minimum absolute atomic E-state index is 0.114. The molecule has 1 aromatic rings. The van der Waals surface area contributed by atoms with Gasteiger partial charge in [0.05, 0.1) is 5.92 Å². The lowest BCUT2D eigenvalue weighted by Crippen LogP contribution is -2.53. The Morgan fingerprint density at radius 2 is 1.95 bits per heavy atom. The fourth-order valence-corrected chi connectivity index (χ4v) is 3.13. The van der Waals surface area contributed by atoms with E-state index in [0.717, 1.165) is 24.8 Å². The predicted octanol–water partition coefficient (Wildman–Crippen LogP) is 1.03. The van der Waals surface area contributed by atoms with Gasteiger partial charge >= 0.3 is 0 Å². The van der Waals surface area contributed by atoms with Crippen LogP contribution in [0, 0.1) is 0 Å². The van der Waals surface area contributed by atoms with E-state index in [1.165, 1.54) is 5.56 Å². The van der Waals surface area contributed by atoms with E-state index in [-0.39, 0.29) is 24.2 Å². The Kier molecular flexibility index (Phi) is 3.73. The number of rotatable bonds is 2. The summed E-state index contributed by atoms with van der Waals surface area (Å²) in [4.78, 5) is 35.3. The normalized spacial score (nSPS) is 25.0. The van der Waals surface area contributed by atoms with E-state index in [9.17, 15) is 14.4 Å². The molecule has 5 heteroatoms. The third-order valence-electron chi connectivity index (χ3n) is 4.24. The molecule has 0 bridgehead atoms. The standard InChI is InChI=1S/C16H18N2O3/c19-14-9-8-13(16(21)18-14)17-15(20)12-7-3-5-10-4-1-2-6-11(10)12/h1-2,4,6,12-13H,3,5,7-9H2,(H,17,20)(H,18,19,21)/t12-,13?/m0/s1. The second kappa shape index (κ2) is 5.68. The molecule has 110 valence electrons. The summed E-state index contributed by atoms with van der Waals surface area (Å²) < 4.78 is 0. The van der Waals surface area contributed by atoms with E-state index in [1.54, 1.807) is 0 Å². The number of carbonyl (C=O) groups is 3. The first-order chi connectivity index (χ1) is 10.1. The molecule has 3 rings (SSSR count). The van der Waals surface area contributed by atoms with Gasteiger partial charge in [0.15, 0.2) is 0 Å². The molecule has 0 spiro atoms. The summed E-state index contributed by atoms with van der Waals surface area (Å²) in [5.41, 5.74) is 2.28. The number of nitrogens with one attached hydrogen (secondary N) is 2. The molecule has 0 saturated carbocycles. The Morgan fingerprint density at radius 1 is 1.14 bits per heavy atom. The molecule has 1 heterocycles. The van der Waals surface area contributed by atoms with E-state index < -0.39 is 11.9 Å². The maximum absolute atomic E-state index is 12.5. The first-order valence-corrected chi connectivity index (χ1v) is 7.37. The molecule has 1 fully saturated rings. The molecule has 1 aromatic carbocycles. The molecule has 21 heavy (non-hydrogen) atoms. The van der Waals surface area contributed by atoms with Crippen LogP contribution in [0.4, 0.5) is 0 Å². The zero-order chi connectivity index (χ0) is 14.8. The molecule has 1 unspecified atom stereocenters. The number of hydrogen-bond donors (Lipinski definition) is 2. The highest BCUT2D eigenvalue weighted by Gasteiger charge is 2.32. The van der Waals surface area contributed by atoms with Crippen molar-refractivity contribution in [1.82, 2.24) is 10.6 Å². The molecular formula is C16H18N2O3. The largest absolute Gasteiger partial charge is 0.344 e. The molecule has 0 radical (unpaired) electrons. The van der Waals surface area contributed by atoms with Gasteiger partial charge in [-0.05, 0) is 36.8 Å². The van der Waals surface area contributed by atoms with Crippen molar-refractivity contribution in [3.8, 4) is 0 Å². The van der Waals surface area contributed by atoms with E-state index >= 15 is 0 Å². The van der Waals surface area contributed by atoms with Gasteiger partial charge in [0.1, 0.15) is 6.04 Å². The molecule has 3 amide bonds. The Labute approximate surface area is 123 Å². The Bertz CT molecular complexity index is 597. The molecule has 1 saturated heterocycles. The maximum atomic E-state index is 12.5. The monoisotopic (exact) mass is 286 g/mol. The van der Waals surface area contributed by atoms with Gasteiger partial charge in [-0.1, -0.05) is 24.3 Å². The highest BCUT2D eigenvalue weighted by Crippen LogP contribution is 2.31. The zero-order valence-corrected chi connectivity index (χ0v) is 11.7. The third kappa shape index (κ3) is 2.82. The summed E-state index contributed by atoms with van der Waals surface area (Å²) in [7, 11) is 0.